The molecule has 0 aliphatic carbocycles. The van der Waals surface area contributed by atoms with Crippen LogP contribution in [0, 0.1) is 10.1 Å². The van der Waals surface area contributed by atoms with Crippen molar-refractivity contribution in [2.75, 3.05) is 26.9 Å². The van der Waals surface area contributed by atoms with Crippen LogP contribution >= 0.6 is 0 Å². The summed E-state index contributed by atoms with van der Waals surface area (Å²) in [6.07, 6.45) is 1.94. The summed E-state index contributed by atoms with van der Waals surface area (Å²) in [6, 6.07) is 4.61. The Kier molecular flexibility index (Phi) is 7.60. The lowest BCUT2D eigenvalue weighted by Crippen LogP contribution is -2.17. The number of hydrogen-bond donors (Lipinski definition) is 1. The summed E-state index contributed by atoms with van der Waals surface area (Å²) >= 11 is 0. The van der Waals surface area contributed by atoms with Crippen LogP contribution in [0.25, 0.3) is 0 Å². The summed E-state index contributed by atoms with van der Waals surface area (Å²) in [6.45, 7) is 4.94. The Morgan fingerprint density at radius 2 is 2.15 bits per heavy atom. The van der Waals surface area contributed by atoms with Crippen LogP contribution in [0.15, 0.2) is 18.2 Å². The van der Waals surface area contributed by atoms with Crippen LogP contribution in [0.5, 0.6) is 5.75 Å². The van der Waals surface area contributed by atoms with Gasteiger partial charge >= 0.3 is 0 Å². The fourth-order valence-corrected chi connectivity index (χ4v) is 1.79. The second-order valence-corrected chi connectivity index (χ2v) is 4.40. The molecule has 0 fully saturated rings. The van der Waals surface area contributed by atoms with Gasteiger partial charge in [0.2, 0.25) is 0 Å². The Balaban J connectivity index is 2.41. The molecular weight excluding hydrogens is 260 g/mol. The molecular formula is C14H22N2O4. The average Bonchev–Trinajstić information content (AvgIpc) is 2.46. The fourth-order valence-electron chi connectivity index (χ4n) is 1.79. The predicted molar refractivity (Wildman–Crippen MR) is 77.1 cm³/mol. The van der Waals surface area contributed by atoms with Crippen molar-refractivity contribution in [2.24, 2.45) is 0 Å². The minimum absolute atomic E-state index is 0.0777. The molecule has 0 aromatic heterocycles. The van der Waals surface area contributed by atoms with Crippen molar-refractivity contribution in [1.29, 1.82) is 0 Å². The summed E-state index contributed by atoms with van der Waals surface area (Å²) in [4.78, 5) is 10.4. The number of nitrogens with one attached hydrogen (secondary N) is 1. The van der Waals surface area contributed by atoms with Gasteiger partial charge in [-0.15, -0.1) is 0 Å². The molecule has 0 heterocycles. The Morgan fingerprint density at radius 3 is 2.80 bits per heavy atom. The zero-order valence-electron chi connectivity index (χ0n) is 12.1. The zero-order chi connectivity index (χ0) is 14.8. The second kappa shape index (κ2) is 9.28. The highest BCUT2D eigenvalue weighted by Gasteiger charge is 2.10. The van der Waals surface area contributed by atoms with Gasteiger partial charge in [-0.05, 0) is 25.5 Å². The first-order valence-electron chi connectivity index (χ1n) is 6.78. The van der Waals surface area contributed by atoms with Gasteiger partial charge in [0, 0.05) is 37.5 Å². The van der Waals surface area contributed by atoms with Gasteiger partial charge in [-0.1, -0.05) is 6.92 Å². The lowest BCUT2D eigenvalue weighted by molar-refractivity contribution is -0.384. The van der Waals surface area contributed by atoms with E-state index in [0.717, 1.165) is 38.2 Å². The quantitative estimate of drug-likeness (QED) is 0.405. The molecule has 1 aromatic carbocycles. The van der Waals surface area contributed by atoms with Gasteiger partial charge in [0.25, 0.3) is 5.69 Å². The molecule has 6 heteroatoms. The molecule has 6 nitrogen and oxygen atoms in total. The molecule has 0 radical (unpaired) electrons. The highest BCUT2D eigenvalue weighted by molar-refractivity contribution is 5.43. The minimum Gasteiger partial charge on any atom is -0.496 e. The van der Waals surface area contributed by atoms with E-state index in [1.54, 1.807) is 19.2 Å². The summed E-state index contributed by atoms with van der Waals surface area (Å²) in [5.74, 6) is 0.658. The number of ether oxygens (including phenoxy) is 2. The van der Waals surface area contributed by atoms with Gasteiger partial charge < -0.3 is 14.8 Å². The van der Waals surface area contributed by atoms with E-state index >= 15 is 0 Å². The summed E-state index contributed by atoms with van der Waals surface area (Å²) in [5.41, 5.74) is 0.866. The number of benzene rings is 1. The molecule has 0 aliphatic heterocycles. The van der Waals surface area contributed by atoms with Gasteiger partial charge in [-0.25, -0.2) is 0 Å². The van der Waals surface area contributed by atoms with Gasteiger partial charge in [0.15, 0.2) is 0 Å². The highest BCUT2D eigenvalue weighted by atomic mass is 16.6. The minimum atomic E-state index is -0.401. The maximum atomic E-state index is 10.8. The maximum absolute atomic E-state index is 10.8. The SMILES string of the molecule is CCCOCCCNCc1cc([N+](=O)[O-])ccc1OC. The monoisotopic (exact) mass is 282 g/mol. The van der Waals surface area contributed by atoms with Crippen molar-refractivity contribution in [3.05, 3.63) is 33.9 Å². The molecule has 112 valence electrons. The van der Waals surface area contributed by atoms with Crippen LogP contribution in [-0.4, -0.2) is 31.8 Å². The fraction of sp³-hybridized carbons (Fsp3) is 0.571. The molecule has 0 atom stereocenters. The van der Waals surface area contributed by atoms with E-state index in [9.17, 15) is 10.1 Å². The van der Waals surface area contributed by atoms with Crippen LogP contribution in [0.2, 0.25) is 0 Å². The van der Waals surface area contributed by atoms with Crippen molar-refractivity contribution in [1.82, 2.24) is 5.32 Å². The standard InChI is InChI=1S/C14H22N2O4/c1-3-8-20-9-4-7-15-11-12-10-13(16(17)18)5-6-14(12)19-2/h5-6,10,15H,3-4,7-9,11H2,1-2H3. The Hall–Kier alpha value is -1.66. The van der Waals surface area contributed by atoms with E-state index in [0.29, 0.717) is 12.3 Å². The highest BCUT2D eigenvalue weighted by Crippen LogP contribution is 2.23. The van der Waals surface area contributed by atoms with E-state index in [1.165, 1.54) is 6.07 Å². The van der Waals surface area contributed by atoms with Crippen molar-refractivity contribution in [2.45, 2.75) is 26.3 Å². The molecule has 0 aliphatic rings. The smallest absolute Gasteiger partial charge is 0.270 e. The third-order valence-electron chi connectivity index (χ3n) is 2.78. The van der Waals surface area contributed by atoms with E-state index in [4.69, 9.17) is 9.47 Å². The molecule has 20 heavy (non-hydrogen) atoms. The van der Waals surface area contributed by atoms with Gasteiger partial charge in [0.05, 0.1) is 12.0 Å². The van der Waals surface area contributed by atoms with E-state index < -0.39 is 4.92 Å². The molecule has 0 saturated heterocycles. The lowest BCUT2D eigenvalue weighted by atomic mass is 10.1. The van der Waals surface area contributed by atoms with Crippen molar-refractivity contribution in [3.8, 4) is 5.75 Å². The topological polar surface area (TPSA) is 73.6 Å². The lowest BCUT2D eigenvalue weighted by Gasteiger charge is -2.09. The van der Waals surface area contributed by atoms with Crippen LogP contribution in [0.4, 0.5) is 5.69 Å². The van der Waals surface area contributed by atoms with E-state index in [1.807, 2.05) is 0 Å². The third kappa shape index (κ3) is 5.54. The number of non-ortho nitro benzene ring substituents is 1. The van der Waals surface area contributed by atoms with Crippen LogP contribution in [0.1, 0.15) is 25.3 Å². The normalized spacial score (nSPS) is 10.5. The average molecular weight is 282 g/mol. The third-order valence-corrected chi connectivity index (χ3v) is 2.78. The first-order valence-corrected chi connectivity index (χ1v) is 6.78. The Bertz CT molecular complexity index is 424. The summed E-state index contributed by atoms with van der Waals surface area (Å²) in [5, 5.41) is 14.0. The van der Waals surface area contributed by atoms with Gasteiger partial charge in [-0.2, -0.15) is 0 Å². The van der Waals surface area contributed by atoms with Crippen molar-refractivity contribution in [3.63, 3.8) is 0 Å². The predicted octanol–water partition coefficient (Wildman–Crippen LogP) is 2.51. The molecule has 0 amide bonds. The van der Waals surface area contributed by atoms with Gasteiger partial charge in [-0.3, -0.25) is 10.1 Å². The van der Waals surface area contributed by atoms with Crippen LogP contribution in [-0.2, 0) is 11.3 Å². The molecule has 1 rings (SSSR count). The first kappa shape index (κ1) is 16.4. The zero-order valence-corrected chi connectivity index (χ0v) is 12.1. The second-order valence-electron chi connectivity index (χ2n) is 4.40. The molecule has 0 bridgehead atoms. The molecule has 0 unspecified atom stereocenters. The summed E-state index contributed by atoms with van der Waals surface area (Å²) in [7, 11) is 1.56. The Morgan fingerprint density at radius 1 is 1.35 bits per heavy atom. The molecule has 1 N–H and O–H groups in total. The first-order chi connectivity index (χ1) is 9.69. The van der Waals surface area contributed by atoms with Crippen LogP contribution < -0.4 is 10.1 Å². The van der Waals surface area contributed by atoms with Crippen molar-refractivity contribution < 1.29 is 14.4 Å². The van der Waals surface area contributed by atoms with Crippen LogP contribution in [0.3, 0.4) is 0 Å². The summed E-state index contributed by atoms with van der Waals surface area (Å²) < 4.78 is 10.6. The number of nitrogens with zero attached hydrogens (tertiary/aromatic N) is 1. The number of methoxy groups -OCH3 is 1. The van der Waals surface area contributed by atoms with Gasteiger partial charge in [0.1, 0.15) is 5.75 Å². The van der Waals surface area contributed by atoms with E-state index in [2.05, 4.69) is 12.2 Å². The molecule has 1 aromatic rings. The number of nitro groups is 1. The molecule has 0 spiro atoms. The largest absolute Gasteiger partial charge is 0.496 e. The van der Waals surface area contributed by atoms with E-state index in [-0.39, 0.29) is 5.69 Å². The number of hydrogen-bond acceptors (Lipinski definition) is 5. The molecule has 0 saturated carbocycles. The maximum Gasteiger partial charge on any atom is 0.270 e. The Labute approximate surface area is 119 Å². The number of rotatable bonds is 10. The van der Waals surface area contributed by atoms with Crippen molar-refractivity contribution >= 4 is 5.69 Å². The number of nitro benzene ring substituents is 1.